The molecule has 2 aromatic rings. The van der Waals surface area contributed by atoms with Crippen LogP contribution in [-0.2, 0) is 16.0 Å². The molecular formula is C18H23Cl2N3O2. The first-order chi connectivity index (χ1) is 11.8. The quantitative estimate of drug-likeness (QED) is 0.682. The third-order valence-electron chi connectivity index (χ3n) is 4.17. The van der Waals surface area contributed by atoms with Gasteiger partial charge in [-0.05, 0) is 38.5 Å². The highest BCUT2D eigenvalue weighted by Gasteiger charge is 2.19. The summed E-state index contributed by atoms with van der Waals surface area (Å²) in [6.45, 7) is 5.16. The number of aryl methyl sites for hydroxylation is 1. The van der Waals surface area contributed by atoms with Gasteiger partial charge in [-0.15, -0.1) is 0 Å². The molecule has 1 aromatic heterocycles. The molecule has 136 valence electrons. The number of ether oxygens (including phenoxy) is 1. The molecule has 0 bridgehead atoms. The monoisotopic (exact) mass is 383 g/mol. The smallest absolute Gasteiger partial charge is 0.226 e. The Bertz CT molecular complexity index is 759. The number of carbonyl (C=O) groups is 1. The molecule has 0 unspecified atom stereocenters. The molecule has 25 heavy (non-hydrogen) atoms. The molecule has 0 atom stereocenters. The second-order valence-electron chi connectivity index (χ2n) is 6.00. The van der Waals surface area contributed by atoms with Gasteiger partial charge in [0.2, 0.25) is 5.91 Å². The molecule has 2 rings (SSSR count). The van der Waals surface area contributed by atoms with Gasteiger partial charge in [0.15, 0.2) is 0 Å². The van der Waals surface area contributed by atoms with E-state index in [2.05, 4.69) is 5.10 Å². The first kappa shape index (κ1) is 19.8. The van der Waals surface area contributed by atoms with Gasteiger partial charge in [-0.1, -0.05) is 23.2 Å². The highest BCUT2D eigenvalue weighted by molar-refractivity contribution is 6.35. The molecule has 0 aliphatic rings. The zero-order valence-corrected chi connectivity index (χ0v) is 16.5. The highest BCUT2D eigenvalue weighted by Crippen LogP contribution is 2.27. The predicted molar refractivity (Wildman–Crippen MR) is 101 cm³/mol. The molecular weight excluding hydrogens is 361 g/mol. The van der Waals surface area contributed by atoms with Crippen LogP contribution in [0.15, 0.2) is 18.2 Å². The number of rotatable bonds is 7. The molecule has 5 nitrogen and oxygen atoms in total. The third kappa shape index (κ3) is 4.75. The summed E-state index contributed by atoms with van der Waals surface area (Å²) in [5.74, 6) is 0.0593. The van der Waals surface area contributed by atoms with Crippen LogP contribution >= 0.6 is 23.2 Å². The fourth-order valence-electron chi connectivity index (χ4n) is 2.68. The maximum atomic E-state index is 12.5. The van der Waals surface area contributed by atoms with E-state index in [1.165, 1.54) is 0 Å². The molecule has 1 amide bonds. The van der Waals surface area contributed by atoms with Crippen molar-refractivity contribution in [2.24, 2.45) is 0 Å². The zero-order chi connectivity index (χ0) is 18.6. The molecule has 0 spiro atoms. The molecule has 7 heteroatoms. The lowest BCUT2D eigenvalue weighted by Crippen LogP contribution is -2.30. The predicted octanol–water partition coefficient (Wildman–Crippen LogP) is 3.83. The van der Waals surface area contributed by atoms with Crippen LogP contribution in [0, 0.1) is 13.8 Å². The van der Waals surface area contributed by atoms with Crippen LogP contribution in [0.1, 0.15) is 23.4 Å². The number of benzene rings is 1. The first-order valence-electron chi connectivity index (χ1n) is 8.08. The molecule has 0 N–H and O–H groups in total. The van der Waals surface area contributed by atoms with E-state index in [4.69, 9.17) is 27.9 Å². The molecule has 0 aliphatic heterocycles. The number of methoxy groups -OCH3 is 1. The van der Waals surface area contributed by atoms with Crippen molar-refractivity contribution in [2.75, 3.05) is 27.3 Å². The summed E-state index contributed by atoms with van der Waals surface area (Å²) in [7, 11) is 3.47. The molecule has 0 saturated heterocycles. The Balaban J connectivity index is 2.20. The molecule has 1 aromatic carbocycles. The largest absolute Gasteiger partial charge is 0.385 e. The van der Waals surface area contributed by atoms with E-state index in [9.17, 15) is 4.79 Å². The molecule has 0 aliphatic carbocycles. The highest BCUT2D eigenvalue weighted by atomic mass is 35.5. The van der Waals surface area contributed by atoms with Crippen molar-refractivity contribution < 1.29 is 9.53 Å². The summed E-state index contributed by atoms with van der Waals surface area (Å²) in [5, 5.41) is 5.65. The van der Waals surface area contributed by atoms with Crippen molar-refractivity contribution in [2.45, 2.75) is 26.7 Å². The van der Waals surface area contributed by atoms with E-state index in [0.717, 1.165) is 29.1 Å². The van der Waals surface area contributed by atoms with Crippen molar-refractivity contribution in [1.29, 1.82) is 0 Å². The van der Waals surface area contributed by atoms with Crippen molar-refractivity contribution in [3.05, 3.63) is 45.2 Å². The van der Waals surface area contributed by atoms with Crippen LogP contribution in [0.4, 0.5) is 0 Å². The normalized spacial score (nSPS) is 11.0. The zero-order valence-electron chi connectivity index (χ0n) is 15.0. The summed E-state index contributed by atoms with van der Waals surface area (Å²) in [4.78, 5) is 14.2. The Labute approximate surface area is 158 Å². The van der Waals surface area contributed by atoms with Gasteiger partial charge in [0.1, 0.15) is 0 Å². The Kier molecular flexibility index (Phi) is 6.87. The second-order valence-corrected chi connectivity index (χ2v) is 6.84. The summed E-state index contributed by atoms with van der Waals surface area (Å²) in [6, 6.07) is 5.28. The minimum absolute atomic E-state index is 0.0593. The van der Waals surface area contributed by atoms with Crippen molar-refractivity contribution in [3.8, 4) is 5.69 Å². The fraction of sp³-hybridized carbons (Fsp3) is 0.444. The summed E-state index contributed by atoms with van der Waals surface area (Å²) in [6.07, 6.45) is 1.13. The van der Waals surface area contributed by atoms with Gasteiger partial charge in [0, 0.05) is 43.6 Å². The lowest BCUT2D eigenvalue weighted by atomic mass is 10.1. The van der Waals surface area contributed by atoms with E-state index in [1.807, 2.05) is 27.0 Å². The molecule has 0 radical (unpaired) electrons. The number of likely N-dealkylation sites (N-methyl/N-ethyl adjacent to an activating group) is 1. The second kappa shape index (κ2) is 8.70. The summed E-state index contributed by atoms with van der Waals surface area (Å²) >= 11 is 12.3. The van der Waals surface area contributed by atoms with E-state index in [1.54, 1.807) is 28.8 Å². The Morgan fingerprint density at radius 2 is 2.04 bits per heavy atom. The molecule has 1 heterocycles. The van der Waals surface area contributed by atoms with E-state index >= 15 is 0 Å². The minimum atomic E-state index is 0.0593. The number of hydrogen-bond donors (Lipinski definition) is 0. The van der Waals surface area contributed by atoms with Gasteiger partial charge < -0.3 is 9.64 Å². The Morgan fingerprint density at radius 3 is 2.68 bits per heavy atom. The van der Waals surface area contributed by atoms with Crippen LogP contribution in [-0.4, -0.2) is 47.9 Å². The van der Waals surface area contributed by atoms with Gasteiger partial charge in [0.25, 0.3) is 0 Å². The number of nitrogens with zero attached hydrogens (tertiary/aromatic N) is 3. The maximum absolute atomic E-state index is 12.5. The Hall–Kier alpha value is -1.56. The van der Waals surface area contributed by atoms with E-state index in [0.29, 0.717) is 29.6 Å². The number of aromatic nitrogens is 2. The number of amides is 1. The number of halogens is 2. The van der Waals surface area contributed by atoms with Gasteiger partial charge in [-0.25, -0.2) is 4.68 Å². The Morgan fingerprint density at radius 1 is 1.32 bits per heavy atom. The molecule has 0 saturated carbocycles. The van der Waals surface area contributed by atoms with Crippen molar-refractivity contribution in [1.82, 2.24) is 14.7 Å². The topological polar surface area (TPSA) is 47.4 Å². The first-order valence-corrected chi connectivity index (χ1v) is 8.84. The van der Waals surface area contributed by atoms with Gasteiger partial charge in [-0.3, -0.25) is 4.79 Å². The van der Waals surface area contributed by atoms with Crippen LogP contribution in [0.25, 0.3) is 5.69 Å². The van der Waals surface area contributed by atoms with Crippen molar-refractivity contribution >= 4 is 29.1 Å². The van der Waals surface area contributed by atoms with Crippen LogP contribution in [0.5, 0.6) is 0 Å². The van der Waals surface area contributed by atoms with Gasteiger partial charge >= 0.3 is 0 Å². The van der Waals surface area contributed by atoms with Crippen molar-refractivity contribution in [3.63, 3.8) is 0 Å². The maximum Gasteiger partial charge on any atom is 0.226 e. The SMILES string of the molecule is COCCCN(C)C(=O)Cc1c(C)nn(-c2ccc(Cl)cc2Cl)c1C. The standard InChI is InChI=1S/C18H23Cl2N3O2/c1-12-15(11-18(24)22(3)8-5-9-25-4)13(2)23(21-12)17-7-6-14(19)10-16(17)20/h6-7,10H,5,8-9,11H2,1-4H3. The summed E-state index contributed by atoms with van der Waals surface area (Å²) < 4.78 is 6.79. The lowest BCUT2D eigenvalue weighted by Gasteiger charge is -2.17. The van der Waals surface area contributed by atoms with Crippen LogP contribution in [0.3, 0.4) is 0 Å². The van der Waals surface area contributed by atoms with Gasteiger partial charge in [0.05, 0.1) is 22.8 Å². The van der Waals surface area contributed by atoms with Crippen LogP contribution in [0.2, 0.25) is 10.0 Å². The summed E-state index contributed by atoms with van der Waals surface area (Å²) in [5.41, 5.74) is 3.40. The van der Waals surface area contributed by atoms with E-state index < -0.39 is 0 Å². The average molecular weight is 384 g/mol. The number of hydrogen-bond acceptors (Lipinski definition) is 3. The van der Waals surface area contributed by atoms with Crippen LogP contribution < -0.4 is 0 Å². The number of carbonyl (C=O) groups excluding carboxylic acids is 1. The van der Waals surface area contributed by atoms with E-state index in [-0.39, 0.29) is 5.91 Å². The average Bonchev–Trinajstić information content (AvgIpc) is 2.83. The lowest BCUT2D eigenvalue weighted by molar-refractivity contribution is -0.129. The third-order valence-corrected chi connectivity index (χ3v) is 4.71. The minimum Gasteiger partial charge on any atom is -0.385 e. The fourth-order valence-corrected chi connectivity index (χ4v) is 3.16. The van der Waals surface area contributed by atoms with Gasteiger partial charge in [-0.2, -0.15) is 5.10 Å². The molecule has 0 fully saturated rings.